The van der Waals surface area contributed by atoms with Crippen LogP contribution < -0.4 is 10.5 Å². The largest absolute Gasteiger partial charge is 0.343 e. The summed E-state index contributed by atoms with van der Waals surface area (Å²) in [5.41, 5.74) is 4.71. The average molecular weight is 454 g/mol. The molecule has 0 aliphatic heterocycles. The number of nitrogens with zero attached hydrogens (tertiary/aromatic N) is 1. The molecule has 1 heterocycles. The van der Waals surface area contributed by atoms with Crippen LogP contribution in [0.1, 0.15) is 16.7 Å². The van der Waals surface area contributed by atoms with Crippen molar-refractivity contribution in [2.24, 2.45) is 5.14 Å². The van der Waals surface area contributed by atoms with Crippen LogP contribution in [0.3, 0.4) is 0 Å². The third-order valence-corrected chi connectivity index (χ3v) is 6.48. The van der Waals surface area contributed by atoms with E-state index in [-0.39, 0.29) is 4.90 Å². The predicted octanol–water partition coefficient (Wildman–Crippen LogP) is 4.32. The molecule has 31 heavy (non-hydrogen) atoms. The lowest BCUT2D eigenvalue weighted by atomic mass is 10.1. The van der Waals surface area contributed by atoms with Crippen LogP contribution >= 0.6 is 11.6 Å². The minimum absolute atomic E-state index is 0.137. The lowest BCUT2D eigenvalue weighted by Crippen LogP contribution is -2.17. The Hall–Kier alpha value is -2.64. The second-order valence-electron chi connectivity index (χ2n) is 7.54. The zero-order valence-corrected chi connectivity index (χ0v) is 18.5. The molecule has 0 fully saturated rings. The molecule has 3 aromatic carbocycles. The van der Waals surface area contributed by atoms with E-state index in [9.17, 15) is 8.42 Å². The molecular weight excluding hydrogens is 430 g/mol. The Morgan fingerprint density at radius 1 is 0.903 bits per heavy atom. The van der Waals surface area contributed by atoms with Crippen molar-refractivity contribution >= 4 is 32.5 Å². The zero-order valence-electron chi connectivity index (χ0n) is 17.0. The molecule has 1 aromatic heterocycles. The molecule has 0 aliphatic carbocycles. The van der Waals surface area contributed by atoms with Gasteiger partial charge in [-0.3, -0.25) is 0 Å². The van der Waals surface area contributed by atoms with Crippen LogP contribution in [0.25, 0.3) is 10.9 Å². The first-order chi connectivity index (χ1) is 14.9. The molecule has 0 atom stereocenters. The van der Waals surface area contributed by atoms with Gasteiger partial charge in [-0.2, -0.15) is 0 Å². The van der Waals surface area contributed by atoms with Gasteiger partial charge in [-0.1, -0.05) is 54.1 Å². The van der Waals surface area contributed by atoms with Crippen molar-refractivity contribution in [1.82, 2.24) is 9.88 Å². The Kier molecular flexibility index (Phi) is 6.43. The monoisotopic (exact) mass is 453 g/mol. The topological polar surface area (TPSA) is 77.1 Å². The van der Waals surface area contributed by atoms with Crippen molar-refractivity contribution in [3.05, 3.63) is 101 Å². The number of para-hydroxylation sites is 1. The minimum Gasteiger partial charge on any atom is -0.343 e. The molecule has 0 unspecified atom stereocenters. The van der Waals surface area contributed by atoms with Gasteiger partial charge in [-0.15, -0.1) is 0 Å². The van der Waals surface area contributed by atoms with E-state index in [0.717, 1.165) is 36.6 Å². The standard InChI is InChI=1S/C24H24ClN3O2S/c25-21-9-5-19(6-10-21)16-28-17-20(23-3-1-2-4-24(23)28)15-27-14-13-18-7-11-22(12-8-18)31(26,29)30/h1-12,17,27H,13-16H2,(H2,26,29,30). The van der Waals surface area contributed by atoms with Gasteiger partial charge in [0.1, 0.15) is 0 Å². The number of hydrogen-bond donors (Lipinski definition) is 2. The number of rotatable bonds is 8. The van der Waals surface area contributed by atoms with E-state index in [4.69, 9.17) is 16.7 Å². The van der Waals surface area contributed by atoms with Crippen molar-refractivity contribution < 1.29 is 8.42 Å². The van der Waals surface area contributed by atoms with Crippen LogP contribution in [0, 0.1) is 0 Å². The van der Waals surface area contributed by atoms with Gasteiger partial charge < -0.3 is 9.88 Å². The quantitative estimate of drug-likeness (QED) is 0.390. The summed E-state index contributed by atoms with van der Waals surface area (Å²) >= 11 is 6.01. The number of benzene rings is 3. The predicted molar refractivity (Wildman–Crippen MR) is 126 cm³/mol. The van der Waals surface area contributed by atoms with Crippen LogP contribution in [0.5, 0.6) is 0 Å². The fourth-order valence-corrected chi connectivity index (χ4v) is 4.32. The number of sulfonamides is 1. The molecule has 0 aliphatic rings. The van der Waals surface area contributed by atoms with Crippen LogP contribution in [0.15, 0.2) is 83.9 Å². The molecule has 4 aromatic rings. The highest BCUT2D eigenvalue weighted by Crippen LogP contribution is 2.23. The van der Waals surface area contributed by atoms with Gasteiger partial charge in [-0.25, -0.2) is 13.6 Å². The van der Waals surface area contributed by atoms with Crippen molar-refractivity contribution in [1.29, 1.82) is 0 Å². The summed E-state index contributed by atoms with van der Waals surface area (Å²) in [5.74, 6) is 0. The molecule has 5 nitrogen and oxygen atoms in total. The molecular formula is C24H24ClN3O2S. The lowest BCUT2D eigenvalue weighted by molar-refractivity contribution is 0.597. The Balaban J connectivity index is 1.41. The van der Waals surface area contributed by atoms with Gasteiger partial charge in [0.05, 0.1) is 4.90 Å². The molecule has 3 N–H and O–H groups in total. The van der Waals surface area contributed by atoms with Crippen molar-refractivity contribution in [3.8, 4) is 0 Å². The summed E-state index contributed by atoms with van der Waals surface area (Å²) in [6.45, 7) is 2.32. The summed E-state index contributed by atoms with van der Waals surface area (Å²) < 4.78 is 25.0. The zero-order chi connectivity index (χ0) is 21.8. The number of nitrogens with one attached hydrogen (secondary N) is 1. The number of aromatic nitrogens is 1. The second-order valence-corrected chi connectivity index (χ2v) is 9.54. The highest BCUT2D eigenvalue weighted by atomic mass is 35.5. The van der Waals surface area contributed by atoms with Crippen LogP contribution in [-0.4, -0.2) is 19.5 Å². The maximum atomic E-state index is 11.4. The molecule has 0 radical (unpaired) electrons. The Morgan fingerprint density at radius 3 is 2.29 bits per heavy atom. The Morgan fingerprint density at radius 2 is 1.58 bits per heavy atom. The summed E-state index contributed by atoms with van der Waals surface area (Å²) in [4.78, 5) is 0.137. The number of fused-ring (bicyclic) bond motifs is 1. The van der Waals surface area contributed by atoms with Crippen molar-refractivity contribution in [3.63, 3.8) is 0 Å². The fourth-order valence-electron chi connectivity index (χ4n) is 3.68. The van der Waals surface area contributed by atoms with Crippen molar-refractivity contribution in [2.45, 2.75) is 24.4 Å². The molecule has 0 spiro atoms. The SMILES string of the molecule is NS(=O)(=O)c1ccc(CCNCc2cn(Cc3ccc(Cl)cc3)c3ccccc23)cc1. The molecule has 7 heteroatoms. The summed E-state index contributed by atoms with van der Waals surface area (Å²) in [5, 5.41) is 10.6. The highest BCUT2D eigenvalue weighted by molar-refractivity contribution is 7.89. The van der Waals surface area contributed by atoms with Gasteiger partial charge in [0.25, 0.3) is 0 Å². The number of primary sulfonamides is 1. The van der Waals surface area contributed by atoms with Crippen molar-refractivity contribution in [2.75, 3.05) is 6.54 Å². The number of hydrogen-bond acceptors (Lipinski definition) is 3. The normalized spacial score (nSPS) is 11.8. The van der Waals surface area contributed by atoms with E-state index in [1.54, 1.807) is 24.3 Å². The van der Waals surface area contributed by atoms with Gasteiger partial charge in [0.15, 0.2) is 0 Å². The first kappa shape index (κ1) is 21.6. The third kappa shape index (κ3) is 5.35. The molecule has 0 amide bonds. The smallest absolute Gasteiger partial charge is 0.238 e. The molecule has 0 bridgehead atoms. The lowest BCUT2D eigenvalue weighted by Gasteiger charge is -2.06. The van der Waals surface area contributed by atoms with Crippen LogP contribution in [0.4, 0.5) is 0 Å². The highest BCUT2D eigenvalue weighted by Gasteiger charge is 2.09. The number of halogens is 1. The van der Waals surface area contributed by atoms with Crippen LogP contribution in [-0.2, 0) is 29.5 Å². The van der Waals surface area contributed by atoms with E-state index in [0.29, 0.717) is 0 Å². The Labute approximate surface area is 187 Å². The molecule has 160 valence electrons. The maximum absolute atomic E-state index is 11.4. The molecule has 0 saturated carbocycles. The first-order valence-corrected chi connectivity index (χ1v) is 12.0. The van der Waals surface area contributed by atoms with Gasteiger partial charge >= 0.3 is 0 Å². The summed E-state index contributed by atoms with van der Waals surface area (Å²) in [7, 11) is -3.65. The molecule has 0 saturated heterocycles. The van der Waals surface area contributed by atoms with E-state index in [1.165, 1.54) is 22.0 Å². The maximum Gasteiger partial charge on any atom is 0.238 e. The van der Waals surface area contributed by atoms with Gasteiger partial charge in [0.2, 0.25) is 10.0 Å². The second kappa shape index (κ2) is 9.24. The Bertz CT molecular complexity index is 1280. The molecule has 4 rings (SSSR count). The average Bonchev–Trinajstić information content (AvgIpc) is 3.10. The number of nitrogens with two attached hydrogens (primary N) is 1. The fraction of sp³-hybridized carbons (Fsp3) is 0.167. The van der Waals surface area contributed by atoms with E-state index in [1.807, 2.05) is 12.1 Å². The van der Waals surface area contributed by atoms with E-state index in [2.05, 4.69) is 52.5 Å². The van der Waals surface area contributed by atoms with E-state index < -0.39 is 10.0 Å². The van der Waals surface area contributed by atoms with Gasteiger partial charge in [-0.05, 0) is 60.0 Å². The minimum atomic E-state index is -3.65. The van der Waals surface area contributed by atoms with Crippen LogP contribution in [0.2, 0.25) is 5.02 Å². The van der Waals surface area contributed by atoms with E-state index >= 15 is 0 Å². The third-order valence-electron chi connectivity index (χ3n) is 5.30. The van der Waals surface area contributed by atoms with Gasteiger partial charge in [0, 0.05) is 35.2 Å². The first-order valence-electron chi connectivity index (χ1n) is 10.0. The summed E-state index contributed by atoms with van der Waals surface area (Å²) in [6.07, 6.45) is 3.00. The summed E-state index contributed by atoms with van der Waals surface area (Å²) in [6, 6.07) is 23.1.